The fourth-order valence-corrected chi connectivity index (χ4v) is 5.96. The average Bonchev–Trinajstić information content (AvgIpc) is 3.35. The maximum Gasteiger partial charge on any atom is 0.330 e. The summed E-state index contributed by atoms with van der Waals surface area (Å²) in [5.74, 6) is 0.00828. The van der Waals surface area contributed by atoms with Crippen LogP contribution in [0.3, 0.4) is 0 Å². The lowest BCUT2D eigenvalue weighted by Gasteiger charge is -2.31. The van der Waals surface area contributed by atoms with E-state index in [1.807, 2.05) is 36.4 Å². The standard InChI is InChI=1S/C35H36FN3O4/c1-3-42-32(40)17-12-23-10-13-25(14-11-23)34(33(24-7-6-8-24)27-18-19-37-30(22-27)41-2)26-15-16-29-28(21-26)35(36)38-39(29)31-9-4-5-20-43-31/h10-19,21-22,24,31H,3-9,20H2,1-2H3/b17-12+,34-33+. The predicted molar refractivity (Wildman–Crippen MR) is 165 cm³/mol. The maximum absolute atomic E-state index is 15.5. The van der Waals surface area contributed by atoms with E-state index in [4.69, 9.17) is 14.2 Å². The summed E-state index contributed by atoms with van der Waals surface area (Å²) < 4.78 is 33.6. The van der Waals surface area contributed by atoms with E-state index >= 15 is 4.39 Å². The molecule has 7 nitrogen and oxygen atoms in total. The molecular formula is C35H36FN3O4. The number of allylic oxidation sites excluding steroid dienone is 1. The molecule has 0 spiro atoms. The summed E-state index contributed by atoms with van der Waals surface area (Å²) in [5, 5.41) is 4.74. The van der Waals surface area contributed by atoms with Gasteiger partial charge < -0.3 is 14.2 Å². The van der Waals surface area contributed by atoms with E-state index in [0.29, 0.717) is 30.4 Å². The van der Waals surface area contributed by atoms with Crippen molar-refractivity contribution in [2.75, 3.05) is 20.3 Å². The number of aromatic nitrogens is 3. The fourth-order valence-electron chi connectivity index (χ4n) is 5.96. The fraction of sp³-hybridized carbons (Fsp3) is 0.343. The molecule has 1 saturated carbocycles. The highest BCUT2D eigenvalue weighted by atomic mass is 19.1. The average molecular weight is 582 g/mol. The Kier molecular flexibility index (Phi) is 8.65. The van der Waals surface area contributed by atoms with Crippen molar-refractivity contribution in [1.82, 2.24) is 14.8 Å². The summed E-state index contributed by atoms with van der Waals surface area (Å²) in [4.78, 5) is 16.2. The van der Waals surface area contributed by atoms with E-state index in [0.717, 1.165) is 71.9 Å². The molecule has 0 radical (unpaired) electrons. The van der Waals surface area contributed by atoms with Gasteiger partial charge in [-0.2, -0.15) is 4.39 Å². The van der Waals surface area contributed by atoms with Gasteiger partial charge in [0.1, 0.15) is 0 Å². The molecule has 2 aliphatic rings. The molecule has 0 bridgehead atoms. The Labute approximate surface area is 251 Å². The molecule has 3 heterocycles. The van der Waals surface area contributed by atoms with Crippen LogP contribution in [0.25, 0.3) is 28.1 Å². The van der Waals surface area contributed by atoms with Gasteiger partial charge in [-0.3, -0.25) is 0 Å². The van der Waals surface area contributed by atoms with Crippen molar-refractivity contribution >= 4 is 34.1 Å². The third-order valence-corrected chi connectivity index (χ3v) is 8.31. The van der Waals surface area contributed by atoms with Crippen LogP contribution in [0.4, 0.5) is 4.39 Å². The van der Waals surface area contributed by atoms with Crippen LogP contribution in [0, 0.1) is 11.9 Å². The minimum Gasteiger partial charge on any atom is -0.481 e. The third kappa shape index (κ3) is 6.11. The van der Waals surface area contributed by atoms with Gasteiger partial charge in [0, 0.05) is 24.9 Å². The smallest absolute Gasteiger partial charge is 0.330 e. The van der Waals surface area contributed by atoms with Crippen molar-refractivity contribution in [2.45, 2.75) is 51.7 Å². The zero-order valence-electron chi connectivity index (χ0n) is 24.6. The molecule has 2 fully saturated rings. The van der Waals surface area contributed by atoms with E-state index in [-0.39, 0.29) is 12.2 Å². The van der Waals surface area contributed by atoms with Gasteiger partial charge in [-0.1, -0.05) is 36.8 Å². The monoisotopic (exact) mass is 581 g/mol. The Hall–Kier alpha value is -4.30. The molecular weight excluding hydrogens is 545 g/mol. The van der Waals surface area contributed by atoms with Gasteiger partial charge in [0.05, 0.1) is 24.6 Å². The van der Waals surface area contributed by atoms with E-state index in [2.05, 4.69) is 28.3 Å². The topological polar surface area (TPSA) is 75.5 Å². The highest BCUT2D eigenvalue weighted by Crippen LogP contribution is 2.46. The second-order valence-electron chi connectivity index (χ2n) is 11.0. The summed E-state index contributed by atoms with van der Waals surface area (Å²) in [6.45, 7) is 2.77. The first-order valence-electron chi connectivity index (χ1n) is 15.0. The predicted octanol–water partition coefficient (Wildman–Crippen LogP) is 7.61. The Balaban J connectivity index is 1.50. The molecule has 43 heavy (non-hydrogen) atoms. The molecule has 1 aliphatic heterocycles. The van der Waals surface area contributed by atoms with E-state index in [9.17, 15) is 4.79 Å². The quantitative estimate of drug-likeness (QED) is 0.150. The first-order chi connectivity index (χ1) is 21.1. The molecule has 0 amide bonds. The van der Waals surface area contributed by atoms with Crippen molar-refractivity contribution in [3.05, 3.63) is 95.1 Å². The molecule has 1 saturated heterocycles. The molecule has 0 N–H and O–H groups in total. The lowest BCUT2D eigenvalue weighted by Crippen LogP contribution is -2.19. The highest BCUT2D eigenvalue weighted by molar-refractivity contribution is 6.01. The van der Waals surface area contributed by atoms with Crippen molar-refractivity contribution in [3.8, 4) is 5.88 Å². The summed E-state index contributed by atoms with van der Waals surface area (Å²) >= 11 is 0. The van der Waals surface area contributed by atoms with E-state index in [1.54, 1.807) is 31.0 Å². The summed E-state index contributed by atoms with van der Waals surface area (Å²) in [6, 6.07) is 18.0. The Morgan fingerprint density at radius 1 is 1.02 bits per heavy atom. The van der Waals surface area contributed by atoms with Crippen LogP contribution >= 0.6 is 0 Å². The zero-order chi connectivity index (χ0) is 29.8. The minimum atomic E-state index is -0.499. The van der Waals surface area contributed by atoms with E-state index < -0.39 is 5.95 Å². The first kappa shape index (κ1) is 28.8. The second kappa shape index (κ2) is 12.9. The number of benzene rings is 2. The first-order valence-corrected chi connectivity index (χ1v) is 15.0. The van der Waals surface area contributed by atoms with Crippen LogP contribution in [-0.2, 0) is 14.3 Å². The lowest BCUT2D eigenvalue weighted by molar-refractivity contribution is -0.137. The van der Waals surface area contributed by atoms with Gasteiger partial charge in [0.15, 0.2) is 6.23 Å². The van der Waals surface area contributed by atoms with Crippen LogP contribution in [0.1, 0.15) is 73.9 Å². The zero-order valence-corrected chi connectivity index (χ0v) is 24.6. The molecule has 2 aromatic heterocycles. The Morgan fingerprint density at radius 2 is 1.84 bits per heavy atom. The number of hydrogen-bond donors (Lipinski definition) is 0. The number of nitrogens with zero attached hydrogens (tertiary/aromatic N) is 3. The minimum absolute atomic E-state index is 0.258. The highest BCUT2D eigenvalue weighted by Gasteiger charge is 2.28. The third-order valence-electron chi connectivity index (χ3n) is 8.31. The SMILES string of the molecule is CCOC(=O)/C=C/c1ccc(/C(=C(\c2ccnc(OC)c2)C2CCC2)c2ccc3c(c2)c(F)nn3C2CCCCO2)cc1. The van der Waals surface area contributed by atoms with Gasteiger partial charge in [-0.15, -0.1) is 5.10 Å². The van der Waals surface area contributed by atoms with Crippen LogP contribution in [0.2, 0.25) is 0 Å². The maximum atomic E-state index is 15.5. The Morgan fingerprint density at radius 3 is 2.53 bits per heavy atom. The number of fused-ring (bicyclic) bond motifs is 1. The molecule has 1 aliphatic carbocycles. The van der Waals surface area contributed by atoms with Crippen LogP contribution in [0.5, 0.6) is 5.88 Å². The van der Waals surface area contributed by atoms with Crippen LogP contribution < -0.4 is 4.74 Å². The number of rotatable bonds is 9. The number of esters is 1. The van der Waals surface area contributed by atoms with Gasteiger partial charge in [-0.05, 0) is 103 Å². The number of hydrogen-bond acceptors (Lipinski definition) is 6. The van der Waals surface area contributed by atoms with Crippen molar-refractivity contribution in [3.63, 3.8) is 0 Å². The lowest BCUT2D eigenvalue weighted by atomic mass is 9.73. The Bertz CT molecular complexity index is 1660. The second-order valence-corrected chi connectivity index (χ2v) is 11.0. The number of halogens is 1. The molecule has 222 valence electrons. The van der Waals surface area contributed by atoms with Gasteiger partial charge >= 0.3 is 5.97 Å². The van der Waals surface area contributed by atoms with Crippen LogP contribution in [-0.4, -0.2) is 41.1 Å². The number of carbonyl (C=O) groups is 1. The van der Waals surface area contributed by atoms with Gasteiger partial charge in [-0.25, -0.2) is 14.5 Å². The molecule has 1 atom stereocenters. The largest absolute Gasteiger partial charge is 0.481 e. The summed E-state index contributed by atoms with van der Waals surface area (Å²) in [7, 11) is 1.62. The van der Waals surface area contributed by atoms with Crippen molar-refractivity contribution < 1.29 is 23.4 Å². The summed E-state index contributed by atoms with van der Waals surface area (Å²) in [6.07, 6.45) is 10.8. The number of carbonyl (C=O) groups excluding carboxylic acids is 1. The van der Waals surface area contributed by atoms with Gasteiger partial charge in [0.2, 0.25) is 11.8 Å². The number of ether oxygens (including phenoxy) is 3. The molecule has 6 rings (SSSR count). The molecule has 2 aromatic carbocycles. The van der Waals surface area contributed by atoms with Crippen molar-refractivity contribution in [2.24, 2.45) is 5.92 Å². The normalized spacial score (nSPS) is 18.0. The van der Waals surface area contributed by atoms with Crippen LogP contribution in [0.15, 0.2) is 66.9 Å². The number of methoxy groups -OCH3 is 1. The van der Waals surface area contributed by atoms with Crippen molar-refractivity contribution in [1.29, 1.82) is 0 Å². The summed E-state index contributed by atoms with van der Waals surface area (Å²) in [5.41, 5.74) is 6.75. The molecule has 1 unspecified atom stereocenters. The number of pyridine rings is 1. The molecule has 4 aromatic rings. The van der Waals surface area contributed by atoms with E-state index in [1.165, 1.54) is 11.6 Å². The molecule has 8 heteroatoms. The van der Waals surface area contributed by atoms with Gasteiger partial charge in [0.25, 0.3) is 0 Å².